The summed E-state index contributed by atoms with van der Waals surface area (Å²) in [6.07, 6.45) is 3.12. The van der Waals surface area contributed by atoms with Gasteiger partial charge in [-0.05, 0) is 30.9 Å². The largest absolute Gasteiger partial charge is 0.370 e. The van der Waals surface area contributed by atoms with E-state index >= 15 is 0 Å². The standard InChI is InChI=1S/C16H27N3O/c1-5-7-9-18-16(20)13-10-14(12(3)4)19-15(11-13)17-8-6-2/h10-12H,5-9H2,1-4H3,(H,17,19)(H,18,20). The Hall–Kier alpha value is -1.58. The topological polar surface area (TPSA) is 54.0 Å². The summed E-state index contributed by atoms with van der Waals surface area (Å²) in [5.41, 5.74) is 1.64. The Morgan fingerprint density at radius 1 is 1.20 bits per heavy atom. The Kier molecular flexibility index (Phi) is 7.05. The molecule has 1 amide bonds. The molecular formula is C16H27N3O. The number of carbonyl (C=O) groups excluding carboxylic acids is 1. The van der Waals surface area contributed by atoms with Gasteiger partial charge in [0.15, 0.2) is 0 Å². The molecule has 0 saturated heterocycles. The zero-order valence-corrected chi connectivity index (χ0v) is 13.1. The number of rotatable bonds is 8. The molecule has 0 atom stereocenters. The SMILES string of the molecule is CCCCNC(=O)c1cc(NCCC)nc(C(C)C)c1. The molecule has 0 radical (unpaired) electrons. The molecule has 0 spiro atoms. The maximum absolute atomic E-state index is 12.2. The van der Waals surface area contributed by atoms with Gasteiger partial charge in [-0.25, -0.2) is 4.98 Å². The summed E-state index contributed by atoms with van der Waals surface area (Å²) < 4.78 is 0. The highest BCUT2D eigenvalue weighted by Crippen LogP contribution is 2.17. The molecule has 0 aliphatic rings. The van der Waals surface area contributed by atoms with Crippen LogP contribution in [-0.2, 0) is 0 Å². The van der Waals surface area contributed by atoms with Crippen LogP contribution in [0.1, 0.15) is 68.9 Å². The van der Waals surface area contributed by atoms with E-state index in [1.54, 1.807) is 0 Å². The molecule has 2 N–H and O–H groups in total. The second-order valence-corrected chi connectivity index (χ2v) is 5.36. The highest BCUT2D eigenvalue weighted by atomic mass is 16.1. The van der Waals surface area contributed by atoms with Gasteiger partial charge in [-0.2, -0.15) is 0 Å². The summed E-state index contributed by atoms with van der Waals surface area (Å²) in [6, 6.07) is 3.73. The Morgan fingerprint density at radius 3 is 2.55 bits per heavy atom. The van der Waals surface area contributed by atoms with Crippen molar-refractivity contribution in [2.45, 2.75) is 52.9 Å². The zero-order valence-electron chi connectivity index (χ0n) is 13.1. The van der Waals surface area contributed by atoms with E-state index in [1.165, 1.54) is 0 Å². The lowest BCUT2D eigenvalue weighted by Crippen LogP contribution is -2.25. The predicted molar refractivity (Wildman–Crippen MR) is 84.3 cm³/mol. The van der Waals surface area contributed by atoms with E-state index < -0.39 is 0 Å². The van der Waals surface area contributed by atoms with Crippen molar-refractivity contribution in [3.8, 4) is 0 Å². The van der Waals surface area contributed by atoms with Crippen molar-refractivity contribution in [1.82, 2.24) is 10.3 Å². The van der Waals surface area contributed by atoms with Crippen LogP contribution in [0.25, 0.3) is 0 Å². The fraction of sp³-hybridized carbons (Fsp3) is 0.625. The maximum Gasteiger partial charge on any atom is 0.251 e. The van der Waals surface area contributed by atoms with Crippen molar-refractivity contribution in [3.63, 3.8) is 0 Å². The molecule has 1 aromatic rings. The molecular weight excluding hydrogens is 250 g/mol. The normalized spacial score (nSPS) is 10.7. The number of unbranched alkanes of at least 4 members (excludes halogenated alkanes) is 1. The summed E-state index contributed by atoms with van der Waals surface area (Å²) in [4.78, 5) is 16.7. The third-order valence-corrected chi connectivity index (χ3v) is 3.07. The van der Waals surface area contributed by atoms with Crippen LogP contribution in [0.2, 0.25) is 0 Å². The summed E-state index contributed by atoms with van der Waals surface area (Å²) >= 11 is 0. The first-order valence-electron chi connectivity index (χ1n) is 7.62. The molecule has 4 nitrogen and oxygen atoms in total. The van der Waals surface area contributed by atoms with Crippen LogP contribution in [0.15, 0.2) is 12.1 Å². The minimum atomic E-state index is -0.0118. The van der Waals surface area contributed by atoms with Crippen LogP contribution in [0.3, 0.4) is 0 Å². The van der Waals surface area contributed by atoms with Crippen LogP contribution < -0.4 is 10.6 Å². The van der Waals surface area contributed by atoms with Crippen molar-refractivity contribution >= 4 is 11.7 Å². The molecule has 0 fully saturated rings. The summed E-state index contributed by atoms with van der Waals surface area (Å²) in [5.74, 6) is 1.08. The van der Waals surface area contributed by atoms with E-state index in [2.05, 4.69) is 43.3 Å². The number of amides is 1. The van der Waals surface area contributed by atoms with Crippen LogP contribution in [0.5, 0.6) is 0 Å². The lowest BCUT2D eigenvalue weighted by Gasteiger charge is -2.12. The molecule has 4 heteroatoms. The molecule has 0 unspecified atom stereocenters. The van der Waals surface area contributed by atoms with Gasteiger partial charge in [0.25, 0.3) is 5.91 Å². The number of pyridine rings is 1. The summed E-state index contributed by atoms with van der Waals surface area (Å²) in [7, 11) is 0. The van der Waals surface area contributed by atoms with Gasteiger partial charge in [-0.15, -0.1) is 0 Å². The predicted octanol–water partition coefficient (Wildman–Crippen LogP) is 3.56. The smallest absolute Gasteiger partial charge is 0.251 e. The van der Waals surface area contributed by atoms with E-state index in [9.17, 15) is 4.79 Å². The fourth-order valence-corrected chi connectivity index (χ4v) is 1.80. The third kappa shape index (κ3) is 5.19. The van der Waals surface area contributed by atoms with E-state index in [0.717, 1.165) is 43.9 Å². The number of carbonyl (C=O) groups is 1. The second kappa shape index (κ2) is 8.56. The molecule has 1 heterocycles. The first-order chi connectivity index (χ1) is 9.58. The summed E-state index contributed by atoms with van der Waals surface area (Å²) in [6.45, 7) is 9.99. The Balaban J connectivity index is 2.87. The highest BCUT2D eigenvalue weighted by molar-refractivity contribution is 5.95. The molecule has 0 saturated carbocycles. The van der Waals surface area contributed by atoms with E-state index in [-0.39, 0.29) is 5.91 Å². The molecule has 0 aromatic carbocycles. The molecule has 112 valence electrons. The fourth-order valence-electron chi connectivity index (χ4n) is 1.80. The molecule has 0 aliphatic carbocycles. The minimum absolute atomic E-state index is 0.0118. The monoisotopic (exact) mass is 277 g/mol. The van der Waals surface area contributed by atoms with E-state index in [0.29, 0.717) is 11.5 Å². The molecule has 1 aromatic heterocycles. The van der Waals surface area contributed by atoms with Crippen LogP contribution in [0.4, 0.5) is 5.82 Å². The van der Waals surface area contributed by atoms with Crippen LogP contribution >= 0.6 is 0 Å². The first-order valence-corrected chi connectivity index (χ1v) is 7.62. The van der Waals surface area contributed by atoms with Crippen molar-refractivity contribution in [3.05, 3.63) is 23.4 Å². The second-order valence-electron chi connectivity index (χ2n) is 5.36. The van der Waals surface area contributed by atoms with Crippen molar-refractivity contribution in [1.29, 1.82) is 0 Å². The van der Waals surface area contributed by atoms with Gasteiger partial charge in [0.05, 0.1) is 0 Å². The summed E-state index contributed by atoms with van der Waals surface area (Å²) in [5, 5.41) is 6.22. The van der Waals surface area contributed by atoms with Gasteiger partial charge >= 0.3 is 0 Å². The third-order valence-electron chi connectivity index (χ3n) is 3.07. The van der Waals surface area contributed by atoms with Gasteiger partial charge in [-0.1, -0.05) is 34.1 Å². The van der Waals surface area contributed by atoms with Crippen LogP contribution in [0, 0.1) is 0 Å². The lowest BCUT2D eigenvalue weighted by atomic mass is 10.1. The van der Waals surface area contributed by atoms with Crippen molar-refractivity contribution < 1.29 is 4.79 Å². The maximum atomic E-state index is 12.2. The Labute approximate surface area is 122 Å². The van der Waals surface area contributed by atoms with E-state index in [1.807, 2.05) is 12.1 Å². The lowest BCUT2D eigenvalue weighted by molar-refractivity contribution is 0.0953. The van der Waals surface area contributed by atoms with Gasteiger partial charge in [-0.3, -0.25) is 4.79 Å². The zero-order chi connectivity index (χ0) is 15.0. The van der Waals surface area contributed by atoms with Crippen LogP contribution in [-0.4, -0.2) is 24.0 Å². The highest BCUT2D eigenvalue weighted by Gasteiger charge is 2.11. The van der Waals surface area contributed by atoms with Gasteiger partial charge in [0.1, 0.15) is 5.82 Å². The molecule has 0 bridgehead atoms. The number of hydrogen-bond acceptors (Lipinski definition) is 3. The average molecular weight is 277 g/mol. The molecule has 1 rings (SSSR count). The quantitative estimate of drug-likeness (QED) is 0.714. The number of hydrogen-bond donors (Lipinski definition) is 2. The molecule has 20 heavy (non-hydrogen) atoms. The minimum Gasteiger partial charge on any atom is -0.370 e. The average Bonchev–Trinajstić information content (AvgIpc) is 2.44. The number of anilines is 1. The van der Waals surface area contributed by atoms with Gasteiger partial charge in [0.2, 0.25) is 0 Å². The van der Waals surface area contributed by atoms with E-state index in [4.69, 9.17) is 0 Å². The van der Waals surface area contributed by atoms with Gasteiger partial charge < -0.3 is 10.6 Å². The Morgan fingerprint density at radius 2 is 1.95 bits per heavy atom. The first kappa shape index (κ1) is 16.5. The number of aromatic nitrogens is 1. The van der Waals surface area contributed by atoms with Crippen molar-refractivity contribution in [2.24, 2.45) is 0 Å². The van der Waals surface area contributed by atoms with Gasteiger partial charge in [0, 0.05) is 24.3 Å². The number of nitrogens with one attached hydrogen (secondary N) is 2. The number of nitrogens with zero attached hydrogens (tertiary/aromatic N) is 1. The molecule has 0 aliphatic heterocycles. The van der Waals surface area contributed by atoms with Crippen molar-refractivity contribution in [2.75, 3.05) is 18.4 Å². The Bertz CT molecular complexity index is 430.